The topological polar surface area (TPSA) is 28.0 Å². The van der Waals surface area contributed by atoms with Crippen LogP contribution >= 0.6 is 11.6 Å². The molecule has 1 fully saturated rings. The van der Waals surface area contributed by atoms with Crippen LogP contribution in [0.15, 0.2) is 48.5 Å². The van der Waals surface area contributed by atoms with E-state index in [0.717, 1.165) is 49.7 Å². The Bertz CT molecular complexity index is 832. The molecule has 0 bridgehead atoms. The Morgan fingerprint density at radius 1 is 1.07 bits per heavy atom. The maximum Gasteiger partial charge on any atom is 0.277 e. The average molecular weight is 399 g/mol. The third-order valence-electron chi connectivity index (χ3n) is 6.22. The highest BCUT2D eigenvalue weighted by molar-refractivity contribution is 6.33. The van der Waals surface area contributed by atoms with Crippen LogP contribution in [0.25, 0.3) is 0 Å². The Hall–Kier alpha value is -2.04. The largest absolute Gasteiger partial charge is 0.367 e. The molecule has 1 amide bonds. The van der Waals surface area contributed by atoms with E-state index in [4.69, 9.17) is 11.6 Å². The minimum atomic E-state index is 0.263. The molecule has 4 nitrogen and oxygen atoms in total. The van der Waals surface area contributed by atoms with Gasteiger partial charge in [-0.1, -0.05) is 48.0 Å². The maximum absolute atomic E-state index is 12.9. The van der Waals surface area contributed by atoms with Gasteiger partial charge >= 0.3 is 0 Å². The van der Waals surface area contributed by atoms with E-state index in [0.29, 0.717) is 12.6 Å². The molecule has 1 unspecified atom stereocenters. The first kappa shape index (κ1) is 19.3. The number of nitrogens with zero attached hydrogens (tertiary/aromatic N) is 2. The number of hydrogen-bond acceptors (Lipinski definition) is 2. The number of likely N-dealkylation sites (N-methyl/N-ethyl adjacent to an activating group) is 1. The molecule has 148 valence electrons. The molecular formula is C23H29ClN3O+. The number of quaternary nitrogens is 1. The normalized spacial score (nSPS) is 20.6. The van der Waals surface area contributed by atoms with Crippen molar-refractivity contribution < 1.29 is 9.69 Å². The molecule has 5 heteroatoms. The highest BCUT2D eigenvalue weighted by Crippen LogP contribution is 2.28. The fourth-order valence-corrected chi connectivity index (χ4v) is 4.90. The van der Waals surface area contributed by atoms with E-state index < -0.39 is 0 Å². The standard InChI is InChI=1S/C23H28ClN3O/c1-25(21-12-6-8-18-7-2-3-9-19(18)21)17-23(28)27-15-13-26(14-16-27)22-11-5-4-10-20(22)24/h2-5,7,9-11,21H,6,8,12-17H2,1H3/p+1/t21-/m1/s1. The van der Waals surface area contributed by atoms with Crippen molar-refractivity contribution in [2.75, 3.05) is 44.7 Å². The molecule has 1 saturated heterocycles. The number of fused-ring (bicyclic) bond motifs is 1. The monoisotopic (exact) mass is 398 g/mol. The fraction of sp³-hybridized carbons (Fsp3) is 0.435. The lowest BCUT2D eigenvalue weighted by Gasteiger charge is -2.37. The molecule has 28 heavy (non-hydrogen) atoms. The summed E-state index contributed by atoms with van der Waals surface area (Å²) >= 11 is 6.33. The van der Waals surface area contributed by atoms with E-state index in [1.807, 2.05) is 23.1 Å². The first-order chi connectivity index (χ1) is 13.6. The number of carbonyl (C=O) groups excluding carboxylic acids is 1. The number of carbonyl (C=O) groups is 1. The van der Waals surface area contributed by atoms with Gasteiger partial charge in [0.2, 0.25) is 0 Å². The van der Waals surface area contributed by atoms with Gasteiger partial charge in [-0.25, -0.2) is 0 Å². The summed E-state index contributed by atoms with van der Waals surface area (Å²) in [4.78, 5) is 18.5. The second-order valence-electron chi connectivity index (χ2n) is 7.99. The van der Waals surface area contributed by atoms with Crippen LogP contribution in [0.1, 0.15) is 30.0 Å². The average Bonchev–Trinajstić information content (AvgIpc) is 2.73. The number of benzene rings is 2. The zero-order chi connectivity index (χ0) is 19.5. The van der Waals surface area contributed by atoms with E-state index >= 15 is 0 Å². The highest BCUT2D eigenvalue weighted by Gasteiger charge is 2.30. The SMILES string of the molecule is C[NH+](CC(=O)N1CCN(c2ccccc2Cl)CC1)[C@@H]1CCCc2ccccc21. The fourth-order valence-electron chi connectivity index (χ4n) is 4.64. The zero-order valence-electron chi connectivity index (χ0n) is 16.5. The van der Waals surface area contributed by atoms with Gasteiger partial charge in [-0.3, -0.25) is 4.79 Å². The molecule has 2 aromatic carbocycles. The van der Waals surface area contributed by atoms with Gasteiger partial charge < -0.3 is 14.7 Å². The number of rotatable bonds is 4. The number of amides is 1. The number of hydrogen-bond donors (Lipinski definition) is 1. The van der Waals surface area contributed by atoms with Gasteiger partial charge in [0.1, 0.15) is 6.04 Å². The minimum absolute atomic E-state index is 0.263. The summed E-state index contributed by atoms with van der Waals surface area (Å²) in [6.45, 7) is 3.75. The Labute approximate surface area is 172 Å². The molecule has 4 rings (SSSR count). The summed E-state index contributed by atoms with van der Waals surface area (Å²) in [5.74, 6) is 0.263. The number of anilines is 1. The second-order valence-corrected chi connectivity index (χ2v) is 8.39. The van der Waals surface area contributed by atoms with Crippen molar-refractivity contribution in [3.8, 4) is 0 Å². The van der Waals surface area contributed by atoms with Crippen LogP contribution in [0.5, 0.6) is 0 Å². The van der Waals surface area contributed by atoms with Crippen LogP contribution in [0.2, 0.25) is 5.02 Å². The number of aryl methyl sites for hydroxylation is 1. The molecule has 1 aliphatic carbocycles. The molecule has 2 atom stereocenters. The first-order valence-electron chi connectivity index (χ1n) is 10.3. The third-order valence-corrected chi connectivity index (χ3v) is 6.54. The van der Waals surface area contributed by atoms with E-state index in [9.17, 15) is 4.79 Å². The molecule has 2 aromatic rings. The van der Waals surface area contributed by atoms with E-state index in [2.05, 4.69) is 42.3 Å². The van der Waals surface area contributed by atoms with Crippen molar-refractivity contribution in [3.05, 3.63) is 64.7 Å². The number of piperazine rings is 1. The Balaban J connectivity index is 1.34. The van der Waals surface area contributed by atoms with Gasteiger partial charge in [-0.05, 0) is 30.5 Å². The highest BCUT2D eigenvalue weighted by atomic mass is 35.5. The second kappa shape index (κ2) is 8.54. The summed E-state index contributed by atoms with van der Waals surface area (Å²) < 4.78 is 0. The lowest BCUT2D eigenvalue weighted by molar-refractivity contribution is -0.905. The van der Waals surface area contributed by atoms with Crippen molar-refractivity contribution >= 4 is 23.2 Å². The number of nitrogens with one attached hydrogen (secondary N) is 1. The molecule has 0 radical (unpaired) electrons. The van der Waals surface area contributed by atoms with Gasteiger partial charge in [0.25, 0.3) is 5.91 Å². The number of para-hydroxylation sites is 1. The minimum Gasteiger partial charge on any atom is -0.367 e. The Kier molecular flexibility index (Phi) is 5.88. The molecular weight excluding hydrogens is 370 g/mol. The van der Waals surface area contributed by atoms with Crippen molar-refractivity contribution in [1.82, 2.24) is 4.90 Å². The van der Waals surface area contributed by atoms with Crippen LogP contribution in [-0.2, 0) is 11.2 Å². The summed E-state index contributed by atoms with van der Waals surface area (Å²) in [6.07, 6.45) is 3.54. The quantitative estimate of drug-likeness (QED) is 0.857. The van der Waals surface area contributed by atoms with Gasteiger partial charge in [-0.15, -0.1) is 0 Å². The van der Waals surface area contributed by atoms with Gasteiger partial charge in [0.05, 0.1) is 17.8 Å². The van der Waals surface area contributed by atoms with Gasteiger partial charge in [0.15, 0.2) is 6.54 Å². The molecule has 1 aliphatic heterocycles. The van der Waals surface area contributed by atoms with Crippen molar-refractivity contribution in [1.29, 1.82) is 0 Å². The Morgan fingerprint density at radius 3 is 2.57 bits per heavy atom. The smallest absolute Gasteiger partial charge is 0.277 e. The molecule has 0 aromatic heterocycles. The first-order valence-corrected chi connectivity index (χ1v) is 10.7. The van der Waals surface area contributed by atoms with Crippen molar-refractivity contribution in [2.45, 2.75) is 25.3 Å². The maximum atomic E-state index is 12.9. The molecule has 0 saturated carbocycles. The van der Waals surface area contributed by atoms with E-state index in [1.165, 1.54) is 22.4 Å². The summed E-state index contributed by atoms with van der Waals surface area (Å²) in [7, 11) is 2.17. The van der Waals surface area contributed by atoms with Crippen LogP contribution < -0.4 is 9.80 Å². The van der Waals surface area contributed by atoms with Gasteiger partial charge in [-0.2, -0.15) is 0 Å². The lowest BCUT2D eigenvalue weighted by atomic mass is 9.87. The van der Waals surface area contributed by atoms with Crippen LogP contribution in [-0.4, -0.2) is 50.6 Å². The molecule has 1 heterocycles. The molecule has 0 spiro atoms. The van der Waals surface area contributed by atoms with E-state index in [1.54, 1.807) is 0 Å². The predicted octanol–water partition coefficient (Wildman–Crippen LogP) is 2.58. The lowest BCUT2D eigenvalue weighted by Crippen LogP contribution is -3.10. The zero-order valence-corrected chi connectivity index (χ0v) is 17.3. The van der Waals surface area contributed by atoms with Crippen molar-refractivity contribution in [2.24, 2.45) is 0 Å². The summed E-state index contributed by atoms with van der Waals surface area (Å²) in [6, 6.07) is 17.1. The number of halogens is 1. The summed E-state index contributed by atoms with van der Waals surface area (Å²) in [5, 5.41) is 0.780. The van der Waals surface area contributed by atoms with Gasteiger partial charge in [0, 0.05) is 38.2 Å². The van der Waals surface area contributed by atoms with Crippen LogP contribution in [0.3, 0.4) is 0 Å². The third kappa shape index (κ3) is 4.03. The molecule has 1 N–H and O–H groups in total. The Morgan fingerprint density at radius 2 is 1.79 bits per heavy atom. The van der Waals surface area contributed by atoms with Crippen molar-refractivity contribution in [3.63, 3.8) is 0 Å². The van der Waals surface area contributed by atoms with Crippen LogP contribution in [0, 0.1) is 0 Å². The molecule has 2 aliphatic rings. The van der Waals surface area contributed by atoms with E-state index in [-0.39, 0.29) is 5.91 Å². The predicted molar refractivity (Wildman–Crippen MR) is 114 cm³/mol. The van der Waals surface area contributed by atoms with Crippen LogP contribution in [0.4, 0.5) is 5.69 Å². The summed E-state index contributed by atoms with van der Waals surface area (Å²) in [5.41, 5.74) is 3.96.